The third-order valence-electron chi connectivity index (χ3n) is 3.78. The van der Waals surface area contributed by atoms with Crippen LogP contribution in [0.25, 0.3) is 0 Å². The van der Waals surface area contributed by atoms with Crippen molar-refractivity contribution in [1.82, 2.24) is 24.2 Å². The van der Waals surface area contributed by atoms with Crippen LogP contribution in [0.3, 0.4) is 0 Å². The van der Waals surface area contributed by atoms with Crippen LogP contribution < -0.4 is 0 Å². The number of aromatic nitrogens is 4. The molecule has 112 valence electrons. The van der Waals surface area contributed by atoms with Gasteiger partial charge in [0.25, 0.3) is 5.91 Å². The number of nitrogens with zero attached hydrogens (tertiary/aromatic N) is 5. The first-order valence-corrected chi connectivity index (χ1v) is 7.38. The van der Waals surface area contributed by atoms with Crippen LogP contribution in [0, 0.1) is 0 Å². The van der Waals surface area contributed by atoms with Crippen molar-refractivity contribution in [2.24, 2.45) is 7.05 Å². The average Bonchev–Trinajstić information content (AvgIpc) is 3.00. The fraction of sp³-hybridized carbons (Fsp3) is 0.500. The monoisotopic (exact) mass is 307 g/mol. The van der Waals surface area contributed by atoms with Crippen molar-refractivity contribution in [3.63, 3.8) is 0 Å². The van der Waals surface area contributed by atoms with Gasteiger partial charge in [-0.1, -0.05) is 25.4 Å². The molecular formula is C14H18ClN5O. The summed E-state index contributed by atoms with van der Waals surface area (Å²) in [5.41, 5.74) is 0.594. The second-order valence-electron chi connectivity index (χ2n) is 5.66. The topological polar surface area (TPSA) is 56.0 Å². The zero-order chi connectivity index (χ0) is 15.1. The average molecular weight is 308 g/mol. The highest BCUT2D eigenvalue weighted by Crippen LogP contribution is 2.21. The van der Waals surface area contributed by atoms with Gasteiger partial charge in [0.1, 0.15) is 11.5 Å². The Bertz CT molecular complexity index is 688. The molecular weight excluding hydrogens is 290 g/mol. The maximum absolute atomic E-state index is 12.6. The van der Waals surface area contributed by atoms with Crippen LogP contribution in [-0.4, -0.2) is 36.7 Å². The summed E-state index contributed by atoms with van der Waals surface area (Å²) in [4.78, 5) is 14.4. The number of hydrogen-bond donors (Lipinski definition) is 0. The molecule has 3 rings (SSSR count). The SMILES string of the molecule is CC(C)c1nnc2n1CCN(C(=O)c1cc(Cl)cn1C)C2. The number of rotatable bonds is 2. The molecule has 0 radical (unpaired) electrons. The molecule has 0 bridgehead atoms. The molecule has 21 heavy (non-hydrogen) atoms. The van der Waals surface area contributed by atoms with Crippen LogP contribution in [0.1, 0.15) is 41.9 Å². The van der Waals surface area contributed by atoms with Crippen molar-refractivity contribution >= 4 is 17.5 Å². The van der Waals surface area contributed by atoms with Gasteiger partial charge in [-0.25, -0.2) is 0 Å². The lowest BCUT2D eigenvalue weighted by molar-refractivity contribution is 0.0696. The highest BCUT2D eigenvalue weighted by atomic mass is 35.5. The normalized spacial score (nSPS) is 14.6. The zero-order valence-corrected chi connectivity index (χ0v) is 13.1. The molecule has 3 heterocycles. The van der Waals surface area contributed by atoms with E-state index in [-0.39, 0.29) is 5.91 Å². The van der Waals surface area contributed by atoms with Crippen molar-refractivity contribution in [2.75, 3.05) is 6.54 Å². The zero-order valence-electron chi connectivity index (χ0n) is 12.4. The van der Waals surface area contributed by atoms with Crippen molar-refractivity contribution < 1.29 is 4.79 Å². The van der Waals surface area contributed by atoms with E-state index in [9.17, 15) is 4.79 Å². The minimum absolute atomic E-state index is 0.0234. The van der Waals surface area contributed by atoms with E-state index in [0.29, 0.717) is 29.7 Å². The van der Waals surface area contributed by atoms with Crippen molar-refractivity contribution in [3.05, 3.63) is 34.6 Å². The molecule has 2 aromatic rings. The largest absolute Gasteiger partial charge is 0.345 e. The number of aryl methyl sites for hydroxylation is 1. The van der Waals surface area contributed by atoms with E-state index >= 15 is 0 Å². The third kappa shape index (κ3) is 2.44. The van der Waals surface area contributed by atoms with Gasteiger partial charge in [-0.05, 0) is 6.07 Å². The molecule has 2 aromatic heterocycles. The number of carbonyl (C=O) groups is 1. The second-order valence-corrected chi connectivity index (χ2v) is 6.10. The van der Waals surface area contributed by atoms with E-state index in [1.54, 1.807) is 21.7 Å². The summed E-state index contributed by atoms with van der Waals surface area (Å²) in [6, 6.07) is 1.70. The van der Waals surface area contributed by atoms with Gasteiger partial charge < -0.3 is 14.0 Å². The lowest BCUT2D eigenvalue weighted by Crippen LogP contribution is -2.39. The van der Waals surface area contributed by atoms with Crippen LogP contribution in [0.15, 0.2) is 12.3 Å². The van der Waals surface area contributed by atoms with Crippen LogP contribution in [0.5, 0.6) is 0 Å². The predicted molar refractivity (Wildman–Crippen MR) is 79.3 cm³/mol. The number of hydrogen-bond acceptors (Lipinski definition) is 3. The van der Waals surface area contributed by atoms with E-state index in [1.165, 1.54) is 0 Å². The van der Waals surface area contributed by atoms with E-state index < -0.39 is 0 Å². The lowest BCUT2D eigenvalue weighted by Gasteiger charge is -2.28. The first-order valence-electron chi connectivity index (χ1n) is 7.00. The number of halogens is 1. The van der Waals surface area contributed by atoms with E-state index in [4.69, 9.17) is 11.6 Å². The highest BCUT2D eigenvalue weighted by molar-refractivity contribution is 6.31. The highest BCUT2D eigenvalue weighted by Gasteiger charge is 2.27. The number of fused-ring (bicyclic) bond motifs is 1. The van der Waals surface area contributed by atoms with Crippen molar-refractivity contribution in [3.8, 4) is 0 Å². The van der Waals surface area contributed by atoms with Gasteiger partial charge in [0.15, 0.2) is 5.82 Å². The summed E-state index contributed by atoms with van der Waals surface area (Å²) in [5, 5.41) is 9.02. The minimum atomic E-state index is -0.0234. The minimum Gasteiger partial charge on any atom is -0.345 e. The molecule has 0 aliphatic carbocycles. The van der Waals surface area contributed by atoms with Crippen LogP contribution in [0.4, 0.5) is 0 Å². The Morgan fingerprint density at radius 1 is 1.33 bits per heavy atom. The van der Waals surface area contributed by atoms with Gasteiger partial charge in [0, 0.05) is 32.3 Å². The van der Waals surface area contributed by atoms with E-state index in [1.807, 2.05) is 7.05 Å². The number of carbonyl (C=O) groups excluding carboxylic acids is 1. The molecule has 1 aliphatic rings. The van der Waals surface area contributed by atoms with Gasteiger partial charge in [-0.2, -0.15) is 0 Å². The van der Waals surface area contributed by atoms with Crippen LogP contribution >= 0.6 is 11.6 Å². The fourth-order valence-corrected chi connectivity index (χ4v) is 2.93. The Kier molecular flexibility index (Phi) is 3.49. The predicted octanol–water partition coefficient (Wildman–Crippen LogP) is 2.05. The van der Waals surface area contributed by atoms with Crippen molar-refractivity contribution in [2.45, 2.75) is 32.9 Å². The van der Waals surface area contributed by atoms with Crippen LogP contribution in [-0.2, 0) is 20.1 Å². The molecule has 0 fully saturated rings. The second kappa shape index (κ2) is 5.18. The summed E-state index contributed by atoms with van der Waals surface area (Å²) in [6.45, 7) is 6.08. The first kappa shape index (κ1) is 14.1. The molecule has 1 aliphatic heterocycles. The summed E-state index contributed by atoms with van der Waals surface area (Å²) in [5.74, 6) is 2.14. The molecule has 0 atom stereocenters. The molecule has 1 amide bonds. The Hall–Kier alpha value is -1.82. The fourth-order valence-electron chi connectivity index (χ4n) is 2.68. The number of amides is 1. The summed E-state index contributed by atoms with van der Waals surface area (Å²) >= 11 is 5.95. The lowest BCUT2D eigenvalue weighted by atomic mass is 10.2. The maximum atomic E-state index is 12.6. The molecule has 7 heteroatoms. The van der Waals surface area contributed by atoms with E-state index in [0.717, 1.165) is 18.2 Å². The van der Waals surface area contributed by atoms with Crippen LogP contribution in [0.2, 0.25) is 5.02 Å². The quantitative estimate of drug-likeness (QED) is 0.853. The third-order valence-corrected chi connectivity index (χ3v) is 3.98. The molecule has 0 unspecified atom stereocenters. The molecule has 0 saturated heterocycles. The standard InChI is InChI=1S/C14H18ClN5O/c1-9(2)13-17-16-12-8-19(4-5-20(12)13)14(21)11-6-10(15)7-18(11)3/h6-7,9H,4-5,8H2,1-3H3. The Labute approximate surface area is 128 Å². The maximum Gasteiger partial charge on any atom is 0.270 e. The molecule has 0 spiro atoms. The summed E-state index contributed by atoms with van der Waals surface area (Å²) in [7, 11) is 1.82. The molecule has 6 nitrogen and oxygen atoms in total. The van der Waals surface area contributed by atoms with E-state index in [2.05, 4.69) is 28.6 Å². The van der Waals surface area contributed by atoms with Crippen molar-refractivity contribution in [1.29, 1.82) is 0 Å². The summed E-state index contributed by atoms with van der Waals surface area (Å²) < 4.78 is 3.87. The Morgan fingerprint density at radius 2 is 2.10 bits per heavy atom. The van der Waals surface area contributed by atoms with Gasteiger partial charge in [0.2, 0.25) is 0 Å². The van der Waals surface area contributed by atoms with Gasteiger partial charge in [-0.3, -0.25) is 4.79 Å². The van der Waals surface area contributed by atoms with Gasteiger partial charge in [0.05, 0.1) is 11.6 Å². The summed E-state index contributed by atoms with van der Waals surface area (Å²) in [6.07, 6.45) is 1.73. The Balaban J connectivity index is 1.83. The molecule has 0 saturated carbocycles. The molecule has 0 aromatic carbocycles. The Morgan fingerprint density at radius 3 is 2.71 bits per heavy atom. The van der Waals surface area contributed by atoms with Gasteiger partial charge in [-0.15, -0.1) is 10.2 Å². The van der Waals surface area contributed by atoms with Gasteiger partial charge >= 0.3 is 0 Å². The smallest absolute Gasteiger partial charge is 0.270 e. The first-order chi connectivity index (χ1) is 9.97. The molecule has 0 N–H and O–H groups in total.